The Morgan fingerprint density at radius 2 is 1.71 bits per heavy atom. The summed E-state index contributed by atoms with van der Waals surface area (Å²) in [5.41, 5.74) is 10.3. The van der Waals surface area contributed by atoms with Crippen LogP contribution in [0.3, 0.4) is 0 Å². The van der Waals surface area contributed by atoms with Crippen molar-refractivity contribution in [1.82, 2.24) is 4.57 Å². The first-order valence-electron chi connectivity index (χ1n) is 4.69. The number of hydrogen-bond acceptors (Lipinski definition) is 1. The molecule has 1 heterocycles. The third kappa shape index (κ3) is 1.29. The van der Waals surface area contributed by atoms with Gasteiger partial charge in [-0.05, 0) is 43.2 Å². The first-order valence-corrected chi connectivity index (χ1v) is 4.69. The summed E-state index contributed by atoms with van der Waals surface area (Å²) < 4.78 is 2.10. The van der Waals surface area contributed by atoms with Gasteiger partial charge in [-0.2, -0.15) is 0 Å². The molecule has 0 fully saturated rings. The number of aryl methyl sites for hydroxylation is 1. The van der Waals surface area contributed by atoms with Gasteiger partial charge in [0.2, 0.25) is 0 Å². The summed E-state index contributed by atoms with van der Waals surface area (Å²) in [6, 6.07) is 8.04. The number of nitrogens with zero attached hydrogens (tertiary/aromatic N) is 1. The molecule has 72 valence electrons. The van der Waals surface area contributed by atoms with Crippen LogP contribution in [-0.2, 0) is 0 Å². The van der Waals surface area contributed by atoms with Crippen molar-refractivity contribution < 1.29 is 0 Å². The van der Waals surface area contributed by atoms with E-state index in [2.05, 4.69) is 24.5 Å². The normalized spacial score (nSPS) is 10.4. The smallest absolute Gasteiger partial charge is 0.0528 e. The fourth-order valence-electron chi connectivity index (χ4n) is 1.73. The second-order valence-corrected chi connectivity index (χ2v) is 3.54. The highest BCUT2D eigenvalue weighted by Gasteiger charge is 2.05. The summed E-state index contributed by atoms with van der Waals surface area (Å²) in [6.45, 7) is 4.15. The minimum Gasteiger partial charge on any atom is -0.398 e. The average Bonchev–Trinajstić information content (AvgIpc) is 2.65. The lowest BCUT2D eigenvalue weighted by molar-refractivity contribution is 1.04. The van der Waals surface area contributed by atoms with Crippen LogP contribution >= 0.6 is 0 Å². The molecular formula is C12H14N2. The molecule has 2 nitrogen and oxygen atoms in total. The van der Waals surface area contributed by atoms with Crippen LogP contribution in [-0.4, -0.2) is 4.57 Å². The molecule has 0 aliphatic rings. The fourth-order valence-corrected chi connectivity index (χ4v) is 1.73. The Morgan fingerprint density at radius 1 is 1.07 bits per heavy atom. The fraction of sp³-hybridized carbons (Fsp3) is 0.167. The monoisotopic (exact) mass is 186 g/mol. The molecule has 0 saturated carbocycles. The van der Waals surface area contributed by atoms with E-state index in [9.17, 15) is 0 Å². The van der Waals surface area contributed by atoms with Gasteiger partial charge in [0.1, 0.15) is 0 Å². The molecule has 0 saturated heterocycles. The first-order chi connectivity index (χ1) is 6.70. The Bertz CT molecular complexity index is 442. The van der Waals surface area contributed by atoms with E-state index in [4.69, 9.17) is 5.73 Å². The Kier molecular flexibility index (Phi) is 2.04. The molecule has 0 radical (unpaired) electrons. The number of aromatic nitrogens is 1. The van der Waals surface area contributed by atoms with Crippen LogP contribution in [0.1, 0.15) is 11.1 Å². The van der Waals surface area contributed by atoms with E-state index < -0.39 is 0 Å². The molecule has 0 aliphatic carbocycles. The first kappa shape index (κ1) is 8.88. The lowest BCUT2D eigenvalue weighted by Gasteiger charge is -2.12. The zero-order valence-corrected chi connectivity index (χ0v) is 8.49. The average molecular weight is 186 g/mol. The van der Waals surface area contributed by atoms with E-state index in [1.807, 2.05) is 30.6 Å². The van der Waals surface area contributed by atoms with Crippen molar-refractivity contribution in [2.75, 3.05) is 5.73 Å². The standard InChI is InChI=1S/C12H14N2/c1-9-5-6-11(13)10(2)12(9)14-7-3-4-8-14/h3-8H,13H2,1-2H3. The summed E-state index contributed by atoms with van der Waals surface area (Å²) in [6.07, 6.45) is 4.07. The van der Waals surface area contributed by atoms with Gasteiger partial charge in [-0.25, -0.2) is 0 Å². The van der Waals surface area contributed by atoms with Crippen molar-refractivity contribution in [1.29, 1.82) is 0 Å². The molecule has 2 N–H and O–H groups in total. The minimum atomic E-state index is 0.847. The van der Waals surface area contributed by atoms with E-state index in [1.54, 1.807) is 0 Å². The number of hydrogen-bond donors (Lipinski definition) is 1. The second-order valence-electron chi connectivity index (χ2n) is 3.54. The molecule has 14 heavy (non-hydrogen) atoms. The summed E-state index contributed by atoms with van der Waals surface area (Å²) in [7, 11) is 0. The summed E-state index contributed by atoms with van der Waals surface area (Å²) in [4.78, 5) is 0. The molecule has 2 heteroatoms. The lowest BCUT2D eigenvalue weighted by Crippen LogP contribution is -2.00. The van der Waals surface area contributed by atoms with Gasteiger partial charge in [0.25, 0.3) is 0 Å². The zero-order chi connectivity index (χ0) is 10.1. The zero-order valence-electron chi connectivity index (χ0n) is 8.49. The van der Waals surface area contributed by atoms with Crippen LogP contribution in [0.2, 0.25) is 0 Å². The Hall–Kier alpha value is -1.70. The molecule has 0 aliphatic heterocycles. The van der Waals surface area contributed by atoms with Crippen LogP contribution in [0.15, 0.2) is 36.7 Å². The summed E-state index contributed by atoms with van der Waals surface area (Å²) in [5, 5.41) is 0. The highest BCUT2D eigenvalue weighted by molar-refractivity contribution is 5.60. The van der Waals surface area contributed by atoms with Crippen molar-refractivity contribution in [3.05, 3.63) is 47.8 Å². The van der Waals surface area contributed by atoms with Crippen molar-refractivity contribution in [2.24, 2.45) is 0 Å². The van der Waals surface area contributed by atoms with Gasteiger partial charge in [-0.3, -0.25) is 0 Å². The van der Waals surface area contributed by atoms with Crippen molar-refractivity contribution in [3.8, 4) is 5.69 Å². The largest absolute Gasteiger partial charge is 0.398 e. The Labute approximate surface area is 84.0 Å². The van der Waals surface area contributed by atoms with E-state index >= 15 is 0 Å². The highest BCUT2D eigenvalue weighted by atomic mass is 14.9. The molecule has 0 atom stereocenters. The number of anilines is 1. The Morgan fingerprint density at radius 3 is 2.36 bits per heavy atom. The maximum Gasteiger partial charge on any atom is 0.0528 e. The maximum atomic E-state index is 5.88. The maximum absolute atomic E-state index is 5.88. The van der Waals surface area contributed by atoms with E-state index in [0.29, 0.717) is 0 Å². The number of nitrogens with two attached hydrogens (primary N) is 1. The molecule has 1 aromatic heterocycles. The molecular weight excluding hydrogens is 172 g/mol. The predicted octanol–water partition coefficient (Wildman–Crippen LogP) is 2.68. The van der Waals surface area contributed by atoms with E-state index in [-0.39, 0.29) is 0 Å². The number of benzene rings is 1. The second kappa shape index (κ2) is 3.22. The van der Waals surface area contributed by atoms with Gasteiger partial charge in [0, 0.05) is 18.1 Å². The van der Waals surface area contributed by atoms with Crippen LogP contribution in [0, 0.1) is 13.8 Å². The van der Waals surface area contributed by atoms with Crippen LogP contribution in [0.25, 0.3) is 5.69 Å². The third-order valence-electron chi connectivity index (χ3n) is 2.54. The van der Waals surface area contributed by atoms with Gasteiger partial charge in [-0.1, -0.05) is 6.07 Å². The van der Waals surface area contributed by atoms with E-state index in [0.717, 1.165) is 11.3 Å². The highest BCUT2D eigenvalue weighted by Crippen LogP contribution is 2.23. The van der Waals surface area contributed by atoms with Crippen molar-refractivity contribution in [2.45, 2.75) is 13.8 Å². The molecule has 2 aromatic rings. The van der Waals surface area contributed by atoms with Gasteiger partial charge < -0.3 is 10.3 Å². The Balaban J connectivity index is 2.69. The van der Waals surface area contributed by atoms with E-state index in [1.165, 1.54) is 11.3 Å². The van der Waals surface area contributed by atoms with Crippen LogP contribution in [0.4, 0.5) is 5.69 Å². The van der Waals surface area contributed by atoms with Crippen LogP contribution in [0.5, 0.6) is 0 Å². The third-order valence-corrected chi connectivity index (χ3v) is 2.54. The van der Waals surface area contributed by atoms with Crippen LogP contribution < -0.4 is 5.73 Å². The SMILES string of the molecule is Cc1ccc(N)c(C)c1-n1cccc1. The van der Waals surface area contributed by atoms with Gasteiger partial charge >= 0.3 is 0 Å². The van der Waals surface area contributed by atoms with Crippen molar-refractivity contribution in [3.63, 3.8) is 0 Å². The molecule has 2 rings (SSSR count). The number of rotatable bonds is 1. The summed E-state index contributed by atoms with van der Waals surface area (Å²) in [5.74, 6) is 0. The van der Waals surface area contributed by atoms with Gasteiger partial charge in [-0.15, -0.1) is 0 Å². The summed E-state index contributed by atoms with van der Waals surface area (Å²) >= 11 is 0. The lowest BCUT2D eigenvalue weighted by atomic mass is 10.1. The topological polar surface area (TPSA) is 30.9 Å². The molecule has 1 aromatic carbocycles. The van der Waals surface area contributed by atoms with Gasteiger partial charge in [0.05, 0.1) is 5.69 Å². The number of nitrogen functional groups attached to an aromatic ring is 1. The quantitative estimate of drug-likeness (QED) is 0.682. The molecule has 0 bridgehead atoms. The predicted molar refractivity (Wildman–Crippen MR) is 59.7 cm³/mol. The van der Waals surface area contributed by atoms with Crippen molar-refractivity contribution >= 4 is 5.69 Å². The van der Waals surface area contributed by atoms with Gasteiger partial charge in [0.15, 0.2) is 0 Å². The molecule has 0 unspecified atom stereocenters. The minimum absolute atomic E-state index is 0.847. The molecule has 0 spiro atoms. The molecule has 0 amide bonds.